The van der Waals surface area contributed by atoms with E-state index >= 15 is 0 Å². The van der Waals surface area contributed by atoms with Crippen molar-refractivity contribution < 1.29 is 14.3 Å². The summed E-state index contributed by atoms with van der Waals surface area (Å²) in [5.74, 6) is 0.313. The van der Waals surface area contributed by atoms with Gasteiger partial charge in [0.05, 0.1) is 19.3 Å². The molecule has 34 heavy (non-hydrogen) atoms. The Hall–Kier alpha value is -3.38. The Labute approximate surface area is 201 Å². The molecule has 0 saturated carbocycles. The van der Waals surface area contributed by atoms with Crippen LogP contribution in [-0.4, -0.2) is 60.6 Å². The molecule has 1 saturated heterocycles. The van der Waals surface area contributed by atoms with E-state index in [-0.39, 0.29) is 18.0 Å². The van der Waals surface area contributed by atoms with Crippen LogP contribution >= 0.6 is 0 Å². The molecule has 6 heteroatoms. The summed E-state index contributed by atoms with van der Waals surface area (Å²) >= 11 is 0. The number of hydrogen-bond acceptors (Lipinski definition) is 3. The molecule has 6 nitrogen and oxygen atoms in total. The van der Waals surface area contributed by atoms with Gasteiger partial charge in [0.2, 0.25) is 0 Å². The first-order valence-corrected chi connectivity index (χ1v) is 12.0. The largest absolute Gasteiger partial charge is 0.373 e. The maximum atomic E-state index is 13.6. The van der Waals surface area contributed by atoms with Crippen molar-refractivity contribution in [3.8, 4) is 0 Å². The van der Waals surface area contributed by atoms with E-state index < -0.39 is 0 Å². The zero-order valence-electron chi connectivity index (χ0n) is 19.9. The zero-order chi connectivity index (χ0) is 23.9. The first kappa shape index (κ1) is 23.8. The average molecular weight is 460 g/mol. The van der Waals surface area contributed by atoms with Crippen LogP contribution in [0.3, 0.4) is 0 Å². The number of urea groups is 1. The van der Waals surface area contributed by atoms with Crippen LogP contribution in [0.15, 0.2) is 72.8 Å². The lowest BCUT2D eigenvalue weighted by atomic mass is 10.0. The van der Waals surface area contributed by atoms with E-state index in [4.69, 9.17) is 4.74 Å². The molecule has 1 atom stereocenters. The highest BCUT2D eigenvalue weighted by atomic mass is 16.5. The van der Waals surface area contributed by atoms with Crippen LogP contribution in [0.4, 0.5) is 4.79 Å². The standard InChI is InChI=1S/C28H33N3O3/c1-21(2)18-31(27(32)26-14-8-12-23-11-6-7-13-25(23)26)20-24-19-30(15-16-34-24)28(33)29-17-22-9-4-3-5-10-22/h3-14,21,24H,15-20H2,1-2H3,(H,29,33). The second-order valence-corrected chi connectivity index (χ2v) is 9.21. The summed E-state index contributed by atoms with van der Waals surface area (Å²) in [5, 5.41) is 5.00. The Balaban J connectivity index is 1.43. The highest BCUT2D eigenvalue weighted by molar-refractivity contribution is 6.07. The lowest BCUT2D eigenvalue weighted by Gasteiger charge is -2.36. The van der Waals surface area contributed by atoms with Gasteiger partial charge in [0.15, 0.2) is 0 Å². The Morgan fingerprint density at radius 3 is 2.56 bits per heavy atom. The van der Waals surface area contributed by atoms with Crippen LogP contribution in [-0.2, 0) is 11.3 Å². The third-order valence-electron chi connectivity index (χ3n) is 6.03. The fourth-order valence-electron chi connectivity index (χ4n) is 4.41. The Morgan fingerprint density at radius 2 is 1.76 bits per heavy atom. The van der Waals surface area contributed by atoms with Crippen molar-refractivity contribution in [2.45, 2.75) is 26.5 Å². The van der Waals surface area contributed by atoms with Crippen molar-refractivity contribution in [2.24, 2.45) is 5.92 Å². The van der Waals surface area contributed by atoms with Crippen LogP contribution < -0.4 is 5.32 Å². The normalized spacial score (nSPS) is 16.0. The number of benzene rings is 3. The molecule has 4 rings (SSSR count). The molecule has 0 aliphatic carbocycles. The summed E-state index contributed by atoms with van der Waals surface area (Å²) in [6.07, 6.45) is -0.228. The fraction of sp³-hybridized carbons (Fsp3) is 0.357. The van der Waals surface area contributed by atoms with E-state index in [2.05, 4.69) is 19.2 Å². The van der Waals surface area contributed by atoms with Gasteiger partial charge < -0.3 is 19.9 Å². The number of rotatable bonds is 7. The number of fused-ring (bicyclic) bond motifs is 1. The highest BCUT2D eigenvalue weighted by Gasteiger charge is 2.28. The van der Waals surface area contributed by atoms with E-state index in [0.717, 1.165) is 16.3 Å². The summed E-state index contributed by atoms with van der Waals surface area (Å²) in [6.45, 7) is 7.23. The third-order valence-corrected chi connectivity index (χ3v) is 6.03. The smallest absolute Gasteiger partial charge is 0.317 e. The zero-order valence-corrected chi connectivity index (χ0v) is 19.9. The molecule has 3 aromatic carbocycles. The predicted octanol–water partition coefficient (Wildman–Crippen LogP) is 4.55. The topological polar surface area (TPSA) is 61.9 Å². The fourth-order valence-corrected chi connectivity index (χ4v) is 4.41. The molecule has 178 valence electrons. The van der Waals surface area contributed by atoms with Crippen molar-refractivity contribution in [1.29, 1.82) is 0 Å². The molecule has 0 radical (unpaired) electrons. The number of hydrogen-bond donors (Lipinski definition) is 1. The predicted molar refractivity (Wildman–Crippen MR) is 135 cm³/mol. The van der Waals surface area contributed by atoms with E-state index in [1.807, 2.05) is 77.7 Å². The number of carbonyl (C=O) groups excluding carboxylic acids is 2. The van der Waals surface area contributed by atoms with E-state index in [9.17, 15) is 9.59 Å². The van der Waals surface area contributed by atoms with Gasteiger partial charge in [-0.15, -0.1) is 0 Å². The minimum atomic E-state index is -0.228. The van der Waals surface area contributed by atoms with Crippen LogP contribution in [0.2, 0.25) is 0 Å². The van der Waals surface area contributed by atoms with Crippen molar-refractivity contribution in [3.05, 3.63) is 83.9 Å². The molecule has 1 fully saturated rings. The Bertz CT molecular complexity index is 1110. The Kier molecular flexibility index (Phi) is 7.80. The van der Waals surface area contributed by atoms with Gasteiger partial charge in [0.25, 0.3) is 5.91 Å². The van der Waals surface area contributed by atoms with Gasteiger partial charge in [0, 0.05) is 31.7 Å². The van der Waals surface area contributed by atoms with Crippen molar-refractivity contribution in [2.75, 3.05) is 32.8 Å². The molecule has 1 heterocycles. The lowest BCUT2D eigenvalue weighted by molar-refractivity contribution is -0.0287. The average Bonchev–Trinajstić information content (AvgIpc) is 2.86. The second-order valence-electron chi connectivity index (χ2n) is 9.21. The van der Waals surface area contributed by atoms with Crippen molar-refractivity contribution in [1.82, 2.24) is 15.1 Å². The summed E-state index contributed by atoms with van der Waals surface area (Å²) in [6, 6.07) is 23.6. The van der Waals surface area contributed by atoms with Crippen molar-refractivity contribution in [3.63, 3.8) is 0 Å². The number of nitrogens with zero attached hydrogens (tertiary/aromatic N) is 2. The monoisotopic (exact) mass is 459 g/mol. The van der Waals surface area contributed by atoms with Gasteiger partial charge >= 0.3 is 6.03 Å². The van der Waals surface area contributed by atoms with Gasteiger partial charge in [-0.3, -0.25) is 4.79 Å². The minimum Gasteiger partial charge on any atom is -0.373 e. The lowest BCUT2D eigenvalue weighted by Crippen LogP contribution is -2.53. The summed E-state index contributed by atoms with van der Waals surface area (Å²) in [4.78, 5) is 30.0. The number of carbonyl (C=O) groups is 2. The maximum absolute atomic E-state index is 13.6. The van der Waals surface area contributed by atoms with E-state index in [1.54, 1.807) is 4.90 Å². The molecule has 3 amide bonds. The van der Waals surface area contributed by atoms with E-state index in [0.29, 0.717) is 50.8 Å². The van der Waals surface area contributed by atoms with Gasteiger partial charge in [-0.05, 0) is 28.3 Å². The number of nitrogens with one attached hydrogen (secondary N) is 1. The minimum absolute atomic E-state index is 0.000229. The third kappa shape index (κ3) is 5.94. The number of amides is 3. The molecule has 1 unspecified atom stereocenters. The first-order chi connectivity index (χ1) is 16.5. The van der Waals surface area contributed by atoms with Gasteiger partial charge in [0.1, 0.15) is 0 Å². The molecular weight excluding hydrogens is 426 g/mol. The second kappa shape index (κ2) is 11.2. The van der Waals surface area contributed by atoms with Gasteiger partial charge in [-0.25, -0.2) is 4.79 Å². The SMILES string of the molecule is CC(C)CN(CC1CN(C(=O)NCc2ccccc2)CCO1)C(=O)c1cccc2ccccc12. The van der Waals surface area contributed by atoms with E-state index in [1.165, 1.54) is 0 Å². The van der Waals surface area contributed by atoms with Crippen LogP contribution in [0.5, 0.6) is 0 Å². The number of ether oxygens (including phenoxy) is 1. The van der Waals surface area contributed by atoms with Crippen LogP contribution in [0.25, 0.3) is 10.8 Å². The summed E-state index contributed by atoms with van der Waals surface area (Å²) < 4.78 is 5.99. The quantitative estimate of drug-likeness (QED) is 0.564. The van der Waals surface area contributed by atoms with Crippen molar-refractivity contribution >= 4 is 22.7 Å². The van der Waals surface area contributed by atoms with Gasteiger partial charge in [-0.2, -0.15) is 0 Å². The molecular formula is C28H33N3O3. The number of morpholine rings is 1. The molecule has 0 aromatic heterocycles. The molecule has 1 N–H and O–H groups in total. The van der Waals surface area contributed by atoms with Crippen LogP contribution in [0.1, 0.15) is 29.8 Å². The molecule has 1 aliphatic rings. The van der Waals surface area contributed by atoms with Crippen LogP contribution in [0, 0.1) is 5.92 Å². The molecule has 0 bridgehead atoms. The summed E-state index contributed by atoms with van der Waals surface area (Å²) in [7, 11) is 0. The van der Waals surface area contributed by atoms with Gasteiger partial charge in [-0.1, -0.05) is 80.6 Å². The molecule has 1 aliphatic heterocycles. The molecule has 0 spiro atoms. The maximum Gasteiger partial charge on any atom is 0.317 e. The highest BCUT2D eigenvalue weighted by Crippen LogP contribution is 2.21. The summed E-state index contributed by atoms with van der Waals surface area (Å²) in [5.41, 5.74) is 1.76. The first-order valence-electron chi connectivity index (χ1n) is 12.0. The molecule has 3 aromatic rings. The Morgan fingerprint density at radius 1 is 1.03 bits per heavy atom.